The Kier molecular flexibility index (Phi) is 5.59. The molecule has 1 fully saturated rings. The molecule has 0 bridgehead atoms. The maximum atomic E-state index is 12.0. The van der Waals surface area contributed by atoms with Crippen molar-refractivity contribution in [1.29, 1.82) is 0 Å². The molecular formula is C15H18ClNO4. The van der Waals surface area contributed by atoms with Crippen LogP contribution in [0.4, 0.5) is 5.69 Å². The van der Waals surface area contributed by atoms with E-state index >= 15 is 0 Å². The van der Waals surface area contributed by atoms with Crippen LogP contribution in [0.2, 0.25) is 5.02 Å². The van der Waals surface area contributed by atoms with Crippen molar-refractivity contribution in [2.24, 2.45) is 0 Å². The largest absolute Gasteiger partial charge is 0.478 e. The summed E-state index contributed by atoms with van der Waals surface area (Å²) in [5.74, 6) is -1.37. The number of halogens is 1. The second-order valence-corrected chi connectivity index (χ2v) is 5.45. The molecule has 1 heterocycles. The number of carbonyl (C=O) groups is 2. The van der Waals surface area contributed by atoms with Crippen LogP contribution < -0.4 is 5.32 Å². The summed E-state index contributed by atoms with van der Waals surface area (Å²) in [5, 5.41) is 11.9. The fourth-order valence-corrected chi connectivity index (χ4v) is 2.58. The van der Waals surface area contributed by atoms with Crippen LogP contribution in [-0.2, 0) is 9.53 Å². The van der Waals surface area contributed by atoms with Crippen molar-refractivity contribution in [3.63, 3.8) is 0 Å². The molecule has 21 heavy (non-hydrogen) atoms. The highest BCUT2D eigenvalue weighted by molar-refractivity contribution is 6.34. The minimum atomic E-state index is -1.12. The van der Waals surface area contributed by atoms with Crippen molar-refractivity contribution in [2.45, 2.75) is 38.2 Å². The van der Waals surface area contributed by atoms with E-state index in [9.17, 15) is 9.59 Å². The fraction of sp³-hybridized carbons (Fsp3) is 0.467. The van der Waals surface area contributed by atoms with E-state index in [1.807, 2.05) is 0 Å². The van der Waals surface area contributed by atoms with Crippen LogP contribution >= 0.6 is 11.6 Å². The summed E-state index contributed by atoms with van der Waals surface area (Å²) in [6.07, 6.45) is 4.21. The molecule has 1 amide bonds. The first-order valence-electron chi connectivity index (χ1n) is 7.01. The molecule has 1 saturated heterocycles. The van der Waals surface area contributed by atoms with Gasteiger partial charge in [-0.05, 0) is 37.8 Å². The van der Waals surface area contributed by atoms with E-state index in [0.717, 1.165) is 25.9 Å². The Morgan fingerprint density at radius 3 is 2.86 bits per heavy atom. The zero-order chi connectivity index (χ0) is 15.2. The Bertz CT molecular complexity index is 526. The van der Waals surface area contributed by atoms with Gasteiger partial charge in [-0.1, -0.05) is 17.7 Å². The van der Waals surface area contributed by atoms with Gasteiger partial charge in [-0.25, -0.2) is 4.79 Å². The lowest BCUT2D eigenvalue weighted by atomic mass is 10.0. The third-order valence-corrected chi connectivity index (χ3v) is 3.79. The van der Waals surface area contributed by atoms with Crippen molar-refractivity contribution in [1.82, 2.24) is 0 Å². The zero-order valence-corrected chi connectivity index (χ0v) is 12.4. The number of carboxylic acid groups (broad SMARTS) is 1. The Labute approximate surface area is 128 Å². The van der Waals surface area contributed by atoms with Crippen molar-refractivity contribution in [2.75, 3.05) is 11.9 Å². The summed E-state index contributed by atoms with van der Waals surface area (Å²) in [6, 6.07) is 4.50. The van der Waals surface area contributed by atoms with Gasteiger partial charge >= 0.3 is 5.97 Å². The van der Waals surface area contributed by atoms with E-state index in [4.69, 9.17) is 21.4 Å². The average Bonchev–Trinajstić information content (AvgIpc) is 2.48. The van der Waals surface area contributed by atoms with E-state index < -0.39 is 5.97 Å². The topological polar surface area (TPSA) is 75.6 Å². The second kappa shape index (κ2) is 7.43. The van der Waals surface area contributed by atoms with Crippen LogP contribution in [-0.4, -0.2) is 29.7 Å². The molecular weight excluding hydrogens is 294 g/mol. The number of hydrogen-bond donors (Lipinski definition) is 2. The van der Waals surface area contributed by atoms with Gasteiger partial charge in [0.1, 0.15) is 0 Å². The Balaban J connectivity index is 1.94. The molecule has 2 N–H and O–H groups in total. The lowest BCUT2D eigenvalue weighted by Gasteiger charge is -2.22. The van der Waals surface area contributed by atoms with E-state index in [1.165, 1.54) is 12.1 Å². The van der Waals surface area contributed by atoms with Crippen LogP contribution in [0.5, 0.6) is 0 Å². The number of benzene rings is 1. The van der Waals surface area contributed by atoms with Crippen molar-refractivity contribution < 1.29 is 19.4 Å². The van der Waals surface area contributed by atoms with Crippen LogP contribution in [0.25, 0.3) is 0 Å². The van der Waals surface area contributed by atoms with Gasteiger partial charge in [0.15, 0.2) is 0 Å². The molecule has 1 aliphatic heterocycles. The molecule has 2 rings (SSSR count). The number of nitrogens with one attached hydrogen (secondary N) is 1. The van der Waals surface area contributed by atoms with Crippen molar-refractivity contribution in [3.05, 3.63) is 28.8 Å². The van der Waals surface area contributed by atoms with E-state index in [-0.39, 0.29) is 34.7 Å². The molecule has 0 saturated carbocycles. The number of aromatic carboxylic acids is 1. The van der Waals surface area contributed by atoms with Gasteiger partial charge in [0.25, 0.3) is 0 Å². The molecule has 5 nitrogen and oxygen atoms in total. The average molecular weight is 312 g/mol. The Hall–Kier alpha value is -1.59. The summed E-state index contributed by atoms with van der Waals surface area (Å²) >= 11 is 5.96. The highest BCUT2D eigenvalue weighted by atomic mass is 35.5. The van der Waals surface area contributed by atoms with Gasteiger partial charge in [-0.2, -0.15) is 0 Å². The smallest absolute Gasteiger partial charge is 0.337 e. The number of rotatable bonds is 5. The number of carbonyl (C=O) groups excluding carboxylic acids is 1. The van der Waals surface area contributed by atoms with Gasteiger partial charge < -0.3 is 15.2 Å². The third-order valence-electron chi connectivity index (χ3n) is 3.48. The lowest BCUT2D eigenvalue weighted by molar-refractivity contribution is -0.117. The summed E-state index contributed by atoms with van der Waals surface area (Å²) in [6.45, 7) is 0.750. The molecule has 1 aromatic rings. The second-order valence-electron chi connectivity index (χ2n) is 5.04. The SMILES string of the molecule is O=C(CCC1CCCCO1)Nc1c(Cl)cccc1C(=O)O. The summed E-state index contributed by atoms with van der Waals surface area (Å²) in [7, 11) is 0. The number of anilines is 1. The number of para-hydroxylation sites is 1. The lowest BCUT2D eigenvalue weighted by Crippen LogP contribution is -2.22. The number of hydrogen-bond acceptors (Lipinski definition) is 3. The number of amides is 1. The summed E-state index contributed by atoms with van der Waals surface area (Å²) in [4.78, 5) is 23.1. The zero-order valence-electron chi connectivity index (χ0n) is 11.6. The van der Waals surface area contributed by atoms with Gasteiger partial charge in [0.05, 0.1) is 22.4 Å². The van der Waals surface area contributed by atoms with Crippen molar-refractivity contribution >= 4 is 29.2 Å². The maximum absolute atomic E-state index is 12.0. The van der Waals surface area contributed by atoms with Crippen molar-refractivity contribution in [3.8, 4) is 0 Å². The molecule has 0 spiro atoms. The van der Waals surface area contributed by atoms with E-state index in [1.54, 1.807) is 6.07 Å². The minimum Gasteiger partial charge on any atom is -0.478 e. The minimum absolute atomic E-state index is 0.00948. The first-order valence-corrected chi connectivity index (χ1v) is 7.39. The summed E-state index contributed by atoms with van der Waals surface area (Å²) < 4.78 is 5.56. The molecule has 0 aliphatic carbocycles. The van der Waals surface area contributed by atoms with Gasteiger partial charge in [0.2, 0.25) is 5.91 Å². The molecule has 6 heteroatoms. The van der Waals surface area contributed by atoms with E-state index in [2.05, 4.69) is 5.32 Å². The predicted molar refractivity (Wildman–Crippen MR) is 79.9 cm³/mol. The first-order chi connectivity index (χ1) is 10.1. The van der Waals surface area contributed by atoms with Crippen LogP contribution in [0.15, 0.2) is 18.2 Å². The molecule has 0 radical (unpaired) electrons. The number of carboxylic acids is 1. The van der Waals surface area contributed by atoms with Gasteiger partial charge in [-0.3, -0.25) is 4.79 Å². The molecule has 114 valence electrons. The Morgan fingerprint density at radius 1 is 1.38 bits per heavy atom. The first kappa shape index (κ1) is 15.8. The third kappa shape index (κ3) is 4.44. The molecule has 1 aromatic carbocycles. The highest BCUT2D eigenvalue weighted by Gasteiger charge is 2.18. The molecule has 0 aromatic heterocycles. The number of ether oxygens (including phenoxy) is 1. The predicted octanol–water partition coefficient (Wildman–Crippen LogP) is 3.33. The summed E-state index contributed by atoms with van der Waals surface area (Å²) in [5.41, 5.74) is 0.144. The maximum Gasteiger partial charge on any atom is 0.337 e. The molecule has 1 unspecified atom stereocenters. The van der Waals surface area contributed by atoms with Crippen LogP contribution in [0.3, 0.4) is 0 Å². The molecule has 1 atom stereocenters. The standard InChI is InChI=1S/C15H18ClNO4/c16-12-6-3-5-11(15(19)20)14(12)17-13(18)8-7-10-4-1-2-9-21-10/h3,5-6,10H,1-2,4,7-9H2,(H,17,18)(H,19,20). The van der Waals surface area contributed by atoms with Crippen LogP contribution in [0, 0.1) is 0 Å². The van der Waals surface area contributed by atoms with Gasteiger partial charge in [0, 0.05) is 13.0 Å². The Morgan fingerprint density at radius 2 is 2.19 bits per heavy atom. The normalized spacial score (nSPS) is 18.2. The van der Waals surface area contributed by atoms with Gasteiger partial charge in [-0.15, -0.1) is 0 Å². The highest BCUT2D eigenvalue weighted by Crippen LogP contribution is 2.26. The van der Waals surface area contributed by atoms with E-state index in [0.29, 0.717) is 6.42 Å². The van der Waals surface area contributed by atoms with Crippen LogP contribution in [0.1, 0.15) is 42.5 Å². The molecule has 1 aliphatic rings. The monoisotopic (exact) mass is 311 g/mol. The quantitative estimate of drug-likeness (QED) is 0.874. The fourth-order valence-electron chi connectivity index (χ4n) is 2.36.